The number of benzene rings is 2. The van der Waals surface area contributed by atoms with Crippen molar-refractivity contribution >= 4 is 0 Å². The Morgan fingerprint density at radius 2 is 1.89 bits per heavy atom. The molecule has 0 radical (unpaired) electrons. The summed E-state index contributed by atoms with van der Waals surface area (Å²) in [5.41, 5.74) is 2.23. The molecule has 2 aromatic rings. The SMILES string of the molecule is COc1cc(C(C)NCc2ccccc2)ccc1F. The summed E-state index contributed by atoms with van der Waals surface area (Å²) >= 11 is 0. The van der Waals surface area contributed by atoms with Gasteiger partial charge in [0.25, 0.3) is 0 Å². The van der Waals surface area contributed by atoms with Gasteiger partial charge in [-0.1, -0.05) is 36.4 Å². The van der Waals surface area contributed by atoms with Crippen molar-refractivity contribution < 1.29 is 9.13 Å². The molecule has 0 spiro atoms. The third kappa shape index (κ3) is 3.55. The van der Waals surface area contributed by atoms with Crippen LogP contribution in [0.2, 0.25) is 0 Å². The number of halogens is 1. The van der Waals surface area contributed by atoms with E-state index in [1.165, 1.54) is 18.7 Å². The summed E-state index contributed by atoms with van der Waals surface area (Å²) in [5, 5.41) is 3.41. The molecule has 0 saturated heterocycles. The Labute approximate surface area is 113 Å². The van der Waals surface area contributed by atoms with Crippen molar-refractivity contribution in [2.45, 2.75) is 19.5 Å². The van der Waals surface area contributed by atoms with Crippen LogP contribution in [0.25, 0.3) is 0 Å². The van der Waals surface area contributed by atoms with Crippen molar-refractivity contribution in [1.82, 2.24) is 5.32 Å². The van der Waals surface area contributed by atoms with Gasteiger partial charge >= 0.3 is 0 Å². The number of hydrogen-bond acceptors (Lipinski definition) is 2. The molecule has 2 rings (SSSR count). The van der Waals surface area contributed by atoms with Crippen LogP contribution >= 0.6 is 0 Å². The highest BCUT2D eigenvalue weighted by atomic mass is 19.1. The second-order valence-electron chi connectivity index (χ2n) is 4.48. The largest absolute Gasteiger partial charge is 0.494 e. The maximum absolute atomic E-state index is 13.3. The van der Waals surface area contributed by atoms with E-state index in [4.69, 9.17) is 4.74 Å². The van der Waals surface area contributed by atoms with Crippen LogP contribution < -0.4 is 10.1 Å². The third-order valence-corrected chi connectivity index (χ3v) is 3.13. The highest BCUT2D eigenvalue weighted by Gasteiger charge is 2.09. The Bertz CT molecular complexity index is 528. The smallest absolute Gasteiger partial charge is 0.165 e. The number of nitrogens with one attached hydrogen (secondary N) is 1. The van der Waals surface area contributed by atoms with Crippen LogP contribution in [-0.4, -0.2) is 7.11 Å². The molecular weight excluding hydrogens is 241 g/mol. The van der Waals surface area contributed by atoms with E-state index in [1.807, 2.05) is 18.2 Å². The zero-order valence-corrected chi connectivity index (χ0v) is 11.2. The Kier molecular flexibility index (Phi) is 4.53. The quantitative estimate of drug-likeness (QED) is 0.884. The van der Waals surface area contributed by atoms with Gasteiger partial charge in [-0.2, -0.15) is 0 Å². The predicted octanol–water partition coefficient (Wildman–Crippen LogP) is 3.69. The predicted molar refractivity (Wildman–Crippen MR) is 74.6 cm³/mol. The van der Waals surface area contributed by atoms with Crippen molar-refractivity contribution in [3.8, 4) is 5.75 Å². The van der Waals surface area contributed by atoms with Gasteiger partial charge in [-0.25, -0.2) is 4.39 Å². The van der Waals surface area contributed by atoms with Gasteiger partial charge in [0.05, 0.1) is 7.11 Å². The maximum atomic E-state index is 13.3. The first-order valence-corrected chi connectivity index (χ1v) is 6.31. The Hall–Kier alpha value is -1.87. The second kappa shape index (κ2) is 6.34. The molecule has 0 aliphatic heterocycles. The van der Waals surface area contributed by atoms with Gasteiger partial charge in [0, 0.05) is 12.6 Å². The van der Waals surface area contributed by atoms with Crippen LogP contribution in [0.3, 0.4) is 0 Å². The second-order valence-corrected chi connectivity index (χ2v) is 4.48. The molecule has 0 aliphatic rings. The molecular formula is C16H18FNO. The van der Waals surface area contributed by atoms with Crippen molar-refractivity contribution in [2.75, 3.05) is 7.11 Å². The molecule has 0 aromatic heterocycles. The van der Waals surface area contributed by atoms with Crippen LogP contribution in [0.15, 0.2) is 48.5 Å². The molecule has 3 heteroatoms. The maximum Gasteiger partial charge on any atom is 0.165 e. The van der Waals surface area contributed by atoms with Crippen molar-refractivity contribution in [1.29, 1.82) is 0 Å². The lowest BCUT2D eigenvalue weighted by Gasteiger charge is -2.15. The molecule has 2 nitrogen and oxygen atoms in total. The molecule has 1 atom stereocenters. The molecule has 0 heterocycles. The fraction of sp³-hybridized carbons (Fsp3) is 0.250. The Morgan fingerprint density at radius 1 is 1.16 bits per heavy atom. The molecule has 1 N–H and O–H groups in total. The fourth-order valence-electron chi connectivity index (χ4n) is 1.93. The van der Waals surface area contributed by atoms with Gasteiger partial charge in [0.2, 0.25) is 0 Å². The minimum Gasteiger partial charge on any atom is -0.494 e. The monoisotopic (exact) mass is 259 g/mol. The summed E-state index contributed by atoms with van der Waals surface area (Å²) < 4.78 is 18.3. The van der Waals surface area contributed by atoms with Crippen LogP contribution in [0.1, 0.15) is 24.1 Å². The summed E-state index contributed by atoms with van der Waals surface area (Å²) in [5.74, 6) is -0.0487. The van der Waals surface area contributed by atoms with E-state index in [0.29, 0.717) is 0 Å². The zero-order valence-electron chi connectivity index (χ0n) is 11.2. The Balaban J connectivity index is 2.02. The van der Waals surface area contributed by atoms with E-state index < -0.39 is 0 Å². The van der Waals surface area contributed by atoms with E-state index in [9.17, 15) is 4.39 Å². The average molecular weight is 259 g/mol. The number of methoxy groups -OCH3 is 1. The number of hydrogen-bond donors (Lipinski definition) is 1. The molecule has 0 saturated carbocycles. The van der Waals surface area contributed by atoms with Crippen LogP contribution in [0, 0.1) is 5.82 Å². The molecule has 0 amide bonds. The first-order valence-electron chi connectivity index (χ1n) is 6.31. The van der Waals surface area contributed by atoms with Crippen LogP contribution in [0.4, 0.5) is 4.39 Å². The van der Waals surface area contributed by atoms with Gasteiger partial charge in [-0.05, 0) is 30.2 Å². The summed E-state index contributed by atoms with van der Waals surface area (Å²) in [6.07, 6.45) is 0. The van der Waals surface area contributed by atoms with E-state index in [1.54, 1.807) is 12.1 Å². The fourth-order valence-corrected chi connectivity index (χ4v) is 1.93. The van der Waals surface area contributed by atoms with Crippen molar-refractivity contribution in [2.24, 2.45) is 0 Å². The minimum atomic E-state index is -0.332. The van der Waals surface area contributed by atoms with Gasteiger partial charge in [0.15, 0.2) is 11.6 Å². The molecule has 0 fully saturated rings. The van der Waals surface area contributed by atoms with Crippen molar-refractivity contribution in [3.63, 3.8) is 0 Å². The van der Waals surface area contributed by atoms with E-state index in [0.717, 1.165) is 12.1 Å². The summed E-state index contributed by atoms with van der Waals surface area (Å²) in [4.78, 5) is 0. The van der Waals surface area contributed by atoms with E-state index in [2.05, 4.69) is 24.4 Å². The molecule has 2 aromatic carbocycles. The third-order valence-electron chi connectivity index (χ3n) is 3.13. The lowest BCUT2D eigenvalue weighted by Crippen LogP contribution is -2.18. The number of rotatable bonds is 5. The normalized spacial score (nSPS) is 12.2. The van der Waals surface area contributed by atoms with Crippen LogP contribution in [-0.2, 0) is 6.54 Å². The summed E-state index contributed by atoms with van der Waals surface area (Å²) in [6, 6.07) is 15.3. The standard InChI is InChI=1S/C16H18FNO/c1-12(18-11-13-6-4-3-5-7-13)14-8-9-15(17)16(10-14)19-2/h3-10,12,18H,11H2,1-2H3. The first-order chi connectivity index (χ1) is 9.20. The number of ether oxygens (including phenoxy) is 1. The minimum absolute atomic E-state index is 0.134. The molecule has 0 aliphatic carbocycles. The molecule has 1 unspecified atom stereocenters. The van der Waals surface area contributed by atoms with Gasteiger partial charge < -0.3 is 10.1 Å². The summed E-state index contributed by atoms with van der Waals surface area (Å²) in [6.45, 7) is 2.83. The molecule has 0 bridgehead atoms. The highest BCUT2D eigenvalue weighted by Crippen LogP contribution is 2.22. The lowest BCUT2D eigenvalue weighted by atomic mass is 10.1. The average Bonchev–Trinajstić information content (AvgIpc) is 2.46. The Morgan fingerprint density at radius 3 is 2.58 bits per heavy atom. The lowest BCUT2D eigenvalue weighted by molar-refractivity contribution is 0.385. The van der Waals surface area contributed by atoms with Gasteiger partial charge in [-0.15, -0.1) is 0 Å². The van der Waals surface area contributed by atoms with Crippen molar-refractivity contribution in [3.05, 3.63) is 65.5 Å². The van der Waals surface area contributed by atoms with Gasteiger partial charge in [-0.3, -0.25) is 0 Å². The van der Waals surface area contributed by atoms with Crippen LogP contribution in [0.5, 0.6) is 5.75 Å². The molecule has 100 valence electrons. The van der Waals surface area contributed by atoms with E-state index >= 15 is 0 Å². The highest BCUT2D eigenvalue weighted by molar-refractivity contribution is 5.32. The van der Waals surface area contributed by atoms with E-state index in [-0.39, 0.29) is 17.6 Å². The van der Waals surface area contributed by atoms with Gasteiger partial charge in [0.1, 0.15) is 0 Å². The topological polar surface area (TPSA) is 21.3 Å². The molecule has 19 heavy (non-hydrogen) atoms. The summed E-state index contributed by atoms with van der Waals surface area (Å²) in [7, 11) is 1.48. The zero-order chi connectivity index (χ0) is 13.7. The first kappa shape index (κ1) is 13.6.